The van der Waals surface area contributed by atoms with Crippen molar-refractivity contribution >= 4 is 12.0 Å². The molecule has 36 heavy (non-hydrogen) atoms. The summed E-state index contributed by atoms with van der Waals surface area (Å²) in [5, 5.41) is 29.1. The maximum atomic E-state index is 13.8. The van der Waals surface area contributed by atoms with Crippen molar-refractivity contribution in [2.45, 2.75) is 12.5 Å². The zero-order valence-electron chi connectivity index (χ0n) is 19.6. The van der Waals surface area contributed by atoms with Gasteiger partial charge in [0, 0.05) is 11.3 Å². The van der Waals surface area contributed by atoms with Gasteiger partial charge in [-0.3, -0.25) is 4.79 Å². The lowest BCUT2D eigenvalue weighted by atomic mass is 9.89. The van der Waals surface area contributed by atoms with Crippen LogP contribution in [0.2, 0.25) is 0 Å². The van der Waals surface area contributed by atoms with Crippen molar-refractivity contribution in [1.82, 2.24) is 4.90 Å². The number of nitrogens with zero attached hydrogens (tertiary/aromatic N) is 3. The highest BCUT2D eigenvalue weighted by Gasteiger charge is 2.33. The van der Waals surface area contributed by atoms with Crippen LogP contribution in [0.15, 0.2) is 108 Å². The molecule has 1 unspecified atom stereocenters. The predicted octanol–water partition coefficient (Wildman–Crippen LogP) is 5.93. The van der Waals surface area contributed by atoms with Crippen LogP contribution in [0.1, 0.15) is 33.9 Å². The fourth-order valence-electron chi connectivity index (χ4n) is 4.16. The fourth-order valence-corrected chi connectivity index (χ4v) is 4.16. The summed E-state index contributed by atoms with van der Waals surface area (Å²) in [5.74, 6) is 0.151. The topological polar surface area (TPSA) is 97.4 Å². The number of amides is 1. The van der Waals surface area contributed by atoms with Gasteiger partial charge < -0.3 is 14.7 Å². The Hall–Kier alpha value is -5.07. The molecule has 0 radical (unpaired) electrons. The van der Waals surface area contributed by atoms with Gasteiger partial charge in [-0.2, -0.15) is 10.5 Å². The van der Waals surface area contributed by atoms with E-state index >= 15 is 0 Å². The highest BCUT2D eigenvalue weighted by Crippen LogP contribution is 2.39. The summed E-state index contributed by atoms with van der Waals surface area (Å²) in [6, 6.07) is 27.0. The zero-order valence-corrected chi connectivity index (χ0v) is 19.6. The molecule has 6 nitrogen and oxygen atoms in total. The summed E-state index contributed by atoms with van der Waals surface area (Å²) in [6.07, 6.45) is 5.61. The van der Waals surface area contributed by atoms with E-state index in [9.17, 15) is 20.4 Å². The Labute approximate surface area is 209 Å². The average molecular weight is 474 g/mol. The van der Waals surface area contributed by atoms with Crippen LogP contribution < -0.4 is 4.74 Å². The van der Waals surface area contributed by atoms with E-state index in [1.807, 2.05) is 60.7 Å². The first-order chi connectivity index (χ1) is 17.5. The molecule has 3 aromatic rings. The maximum absolute atomic E-state index is 13.8. The first kappa shape index (κ1) is 24.1. The number of allylic oxidation sites excluding steroid dienone is 3. The average Bonchev–Trinajstić information content (AvgIpc) is 2.93. The molecule has 176 valence electrons. The van der Waals surface area contributed by atoms with E-state index in [0.717, 1.165) is 11.1 Å². The van der Waals surface area contributed by atoms with Crippen LogP contribution in [-0.4, -0.2) is 23.0 Å². The van der Waals surface area contributed by atoms with Gasteiger partial charge in [-0.05, 0) is 59.5 Å². The fraction of sp³-hybridized carbons (Fsp3) is 0.100. The van der Waals surface area contributed by atoms with Gasteiger partial charge in [0.15, 0.2) is 11.5 Å². The molecular formula is C30H23N3O3. The van der Waals surface area contributed by atoms with Crippen LogP contribution in [0, 0.1) is 22.7 Å². The highest BCUT2D eigenvalue weighted by molar-refractivity contribution is 5.96. The van der Waals surface area contributed by atoms with Crippen molar-refractivity contribution in [3.05, 3.63) is 125 Å². The summed E-state index contributed by atoms with van der Waals surface area (Å²) >= 11 is 0. The molecule has 0 saturated heterocycles. The number of aromatic hydroxyl groups is 1. The second-order valence-corrected chi connectivity index (χ2v) is 8.13. The quantitative estimate of drug-likeness (QED) is 0.463. The molecule has 0 aromatic heterocycles. The largest absolute Gasteiger partial charge is 0.504 e. The van der Waals surface area contributed by atoms with Crippen LogP contribution >= 0.6 is 0 Å². The lowest BCUT2D eigenvalue weighted by molar-refractivity contribution is 0.0744. The minimum atomic E-state index is -0.426. The van der Waals surface area contributed by atoms with E-state index in [1.165, 1.54) is 13.2 Å². The highest BCUT2D eigenvalue weighted by atomic mass is 16.5. The van der Waals surface area contributed by atoms with E-state index in [-0.39, 0.29) is 17.2 Å². The Bertz CT molecular complexity index is 1430. The first-order valence-electron chi connectivity index (χ1n) is 11.3. The SMILES string of the molecule is COc1cc(/C=C/C2=CC(=C(C#N)C#N)CC(c3ccccc3)N2C(=O)c2ccccc2)ccc1O. The molecule has 3 aromatic carbocycles. The second kappa shape index (κ2) is 10.9. The summed E-state index contributed by atoms with van der Waals surface area (Å²) in [7, 11) is 1.47. The Kier molecular flexibility index (Phi) is 7.29. The van der Waals surface area contributed by atoms with Gasteiger partial charge in [-0.1, -0.05) is 60.7 Å². The van der Waals surface area contributed by atoms with Gasteiger partial charge in [-0.25, -0.2) is 0 Å². The molecule has 1 amide bonds. The maximum Gasteiger partial charge on any atom is 0.258 e. The Morgan fingerprint density at radius 3 is 2.31 bits per heavy atom. The molecule has 1 heterocycles. The molecule has 1 aliphatic rings. The number of ether oxygens (including phenoxy) is 1. The molecule has 0 saturated carbocycles. The van der Waals surface area contributed by atoms with Crippen LogP contribution in [0.4, 0.5) is 0 Å². The number of methoxy groups -OCH3 is 1. The lowest BCUT2D eigenvalue weighted by Crippen LogP contribution is -2.36. The minimum absolute atomic E-state index is 0.0138. The molecular weight excluding hydrogens is 450 g/mol. The third kappa shape index (κ3) is 5.04. The third-order valence-electron chi connectivity index (χ3n) is 5.94. The molecule has 0 fully saturated rings. The normalized spacial score (nSPS) is 15.1. The number of benzene rings is 3. The standard InChI is InChI=1S/C30H23N3O3/c1-36-29-16-21(13-15-28(29)34)12-14-26-17-24(25(19-31)20-32)18-27(22-8-4-2-5-9-22)33(26)30(35)23-10-6-3-7-11-23/h2-17,27,34H,18H2,1H3/b14-12+. The lowest BCUT2D eigenvalue weighted by Gasteiger charge is -2.37. The van der Waals surface area contributed by atoms with Gasteiger partial charge in [0.2, 0.25) is 0 Å². The third-order valence-corrected chi connectivity index (χ3v) is 5.94. The molecule has 6 heteroatoms. The van der Waals surface area contributed by atoms with Gasteiger partial charge in [0.25, 0.3) is 5.91 Å². The number of phenolic OH excluding ortho intramolecular Hbond substituents is 1. The molecule has 0 bridgehead atoms. The van der Waals surface area contributed by atoms with Crippen LogP contribution in [0.3, 0.4) is 0 Å². The van der Waals surface area contributed by atoms with Crippen molar-refractivity contribution in [3.63, 3.8) is 0 Å². The smallest absolute Gasteiger partial charge is 0.258 e. The van der Waals surface area contributed by atoms with Crippen LogP contribution in [-0.2, 0) is 0 Å². The van der Waals surface area contributed by atoms with E-state index in [0.29, 0.717) is 29.0 Å². The van der Waals surface area contributed by atoms with E-state index in [4.69, 9.17) is 4.74 Å². The van der Waals surface area contributed by atoms with Gasteiger partial charge in [0.1, 0.15) is 17.7 Å². The number of hydrogen-bond acceptors (Lipinski definition) is 5. The summed E-state index contributed by atoms with van der Waals surface area (Å²) in [4.78, 5) is 15.5. The number of hydrogen-bond donors (Lipinski definition) is 1. The monoisotopic (exact) mass is 473 g/mol. The molecule has 1 aliphatic heterocycles. The minimum Gasteiger partial charge on any atom is -0.504 e. The van der Waals surface area contributed by atoms with Crippen molar-refractivity contribution in [3.8, 4) is 23.6 Å². The van der Waals surface area contributed by atoms with Crippen molar-refractivity contribution in [2.75, 3.05) is 7.11 Å². The Morgan fingerprint density at radius 1 is 1.00 bits per heavy atom. The van der Waals surface area contributed by atoms with Gasteiger partial charge in [0.05, 0.1) is 13.2 Å². The molecule has 4 rings (SSSR count). The van der Waals surface area contributed by atoms with E-state index in [2.05, 4.69) is 0 Å². The Balaban J connectivity index is 1.88. The molecule has 0 aliphatic carbocycles. The summed E-state index contributed by atoms with van der Waals surface area (Å²) in [6.45, 7) is 0. The molecule has 1 atom stereocenters. The second-order valence-electron chi connectivity index (χ2n) is 8.13. The van der Waals surface area contributed by atoms with E-state index < -0.39 is 6.04 Å². The summed E-state index contributed by atoms with van der Waals surface area (Å²) in [5.41, 5.74) is 3.27. The number of phenols is 1. The summed E-state index contributed by atoms with van der Waals surface area (Å²) < 4.78 is 5.20. The van der Waals surface area contributed by atoms with Gasteiger partial charge >= 0.3 is 0 Å². The molecule has 0 spiro atoms. The van der Waals surface area contributed by atoms with E-state index in [1.54, 1.807) is 47.4 Å². The predicted molar refractivity (Wildman–Crippen MR) is 136 cm³/mol. The zero-order chi connectivity index (χ0) is 25.5. The van der Waals surface area contributed by atoms with Crippen molar-refractivity contribution in [1.29, 1.82) is 10.5 Å². The first-order valence-corrected chi connectivity index (χ1v) is 11.3. The van der Waals surface area contributed by atoms with Crippen LogP contribution in [0.25, 0.3) is 6.08 Å². The van der Waals surface area contributed by atoms with Crippen molar-refractivity contribution < 1.29 is 14.6 Å². The van der Waals surface area contributed by atoms with Gasteiger partial charge in [-0.15, -0.1) is 0 Å². The number of nitriles is 2. The number of carbonyl (C=O) groups is 1. The van der Waals surface area contributed by atoms with Crippen LogP contribution in [0.5, 0.6) is 11.5 Å². The molecule has 1 N–H and O–H groups in total. The Morgan fingerprint density at radius 2 is 1.67 bits per heavy atom. The number of carbonyl (C=O) groups excluding carboxylic acids is 1. The van der Waals surface area contributed by atoms with Crippen molar-refractivity contribution in [2.24, 2.45) is 0 Å². The number of rotatable bonds is 5.